The van der Waals surface area contributed by atoms with E-state index in [0.29, 0.717) is 10.6 Å². The monoisotopic (exact) mass is 411 g/mol. The summed E-state index contributed by atoms with van der Waals surface area (Å²) in [7, 11) is -3.76. The number of anilines is 1. The Morgan fingerprint density at radius 1 is 1.12 bits per heavy atom. The molecule has 26 heavy (non-hydrogen) atoms. The SMILES string of the molecule is O=C(Nc1nnc(S(=O)(=O)Cc2ccccc2Cl)s1)c1ccc(F)cc1. The van der Waals surface area contributed by atoms with Crippen molar-refractivity contribution >= 4 is 43.8 Å². The molecular weight excluding hydrogens is 401 g/mol. The van der Waals surface area contributed by atoms with Gasteiger partial charge in [0.05, 0.1) is 5.75 Å². The number of carbonyl (C=O) groups is 1. The number of benzene rings is 2. The van der Waals surface area contributed by atoms with Crippen molar-refractivity contribution in [2.75, 3.05) is 5.32 Å². The van der Waals surface area contributed by atoms with Crippen molar-refractivity contribution < 1.29 is 17.6 Å². The van der Waals surface area contributed by atoms with Gasteiger partial charge in [0, 0.05) is 10.6 Å². The second-order valence-electron chi connectivity index (χ2n) is 5.18. The molecule has 134 valence electrons. The average molecular weight is 412 g/mol. The summed E-state index contributed by atoms with van der Waals surface area (Å²) in [4.78, 5) is 12.1. The number of aromatic nitrogens is 2. The van der Waals surface area contributed by atoms with Gasteiger partial charge in [-0.2, -0.15) is 0 Å². The fourth-order valence-electron chi connectivity index (χ4n) is 2.04. The van der Waals surface area contributed by atoms with E-state index in [1.54, 1.807) is 24.3 Å². The lowest BCUT2D eigenvalue weighted by molar-refractivity contribution is 0.102. The summed E-state index contributed by atoms with van der Waals surface area (Å²) in [5.41, 5.74) is 0.656. The number of amides is 1. The van der Waals surface area contributed by atoms with E-state index in [9.17, 15) is 17.6 Å². The first-order valence-corrected chi connectivity index (χ1v) is 10.1. The molecule has 6 nitrogen and oxygen atoms in total. The third-order valence-corrected chi connectivity index (χ3v) is 6.62. The molecular formula is C16H11ClFN3O3S2. The topological polar surface area (TPSA) is 89.0 Å². The van der Waals surface area contributed by atoms with Crippen LogP contribution in [0.5, 0.6) is 0 Å². The normalized spacial score (nSPS) is 11.3. The molecule has 0 radical (unpaired) electrons. The molecule has 1 heterocycles. The molecule has 3 aromatic rings. The van der Waals surface area contributed by atoms with E-state index in [2.05, 4.69) is 15.5 Å². The van der Waals surface area contributed by atoms with Crippen molar-refractivity contribution in [3.63, 3.8) is 0 Å². The highest BCUT2D eigenvalue weighted by molar-refractivity contribution is 7.92. The van der Waals surface area contributed by atoms with E-state index in [-0.39, 0.29) is 20.8 Å². The molecule has 1 aromatic heterocycles. The van der Waals surface area contributed by atoms with Gasteiger partial charge in [0.25, 0.3) is 5.91 Å². The van der Waals surface area contributed by atoms with Crippen LogP contribution in [0.1, 0.15) is 15.9 Å². The van der Waals surface area contributed by atoms with E-state index in [1.165, 1.54) is 12.1 Å². The number of halogens is 2. The van der Waals surface area contributed by atoms with E-state index >= 15 is 0 Å². The molecule has 0 saturated carbocycles. The first-order chi connectivity index (χ1) is 12.3. The molecule has 0 aliphatic carbocycles. The minimum absolute atomic E-state index is 0.0251. The highest BCUT2D eigenvalue weighted by Crippen LogP contribution is 2.26. The zero-order valence-corrected chi connectivity index (χ0v) is 15.4. The van der Waals surface area contributed by atoms with Gasteiger partial charge >= 0.3 is 0 Å². The van der Waals surface area contributed by atoms with E-state index in [1.807, 2.05) is 0 Å². The maximum absolute atomic E-state index is 12.9. The van der Waals surface area contributed by atoms with Gasteiger partial charge in [-0.15, -0.1) is 10.2 Å². The van der Waals surface area contributed by atoms with Gasteiger partial charge in [-0.3, -0.25) is 10.1 Å². The molecule has 1 amide bonds. The average Bonchev–Trinajstić information content (AvgIpc) is 3.07. The number of carbonyl (C=O) groups excluding carboxylic acids is 1. The Labute approximate surface area is 157 Å². The predicted molar refractivity (Wildman–Crippen MR) is 96.6 cm³/mol. The van der Waals surface area contributed by atoms with Gasteiger partial charge in [-0.1, -0.05) is 41.1 Å². The third-order valence-electron chi connectivity index (χ3n) is 3.30. The number of sulfone groups is 1. The van der Waals surface area contributed by atoms with Crippen molar-refractivity contribution in [2.45, 2.75) is 10.1 Å². The molecule has 0 atom stereocenters. The van der Waals surface area contributed by atoms with Crippen LogP contribution in [-0.4, -0.2) is 24.5 Å². The van der Waals surface area contributed by atoms with E-state index in [4.69, 9.17) is 11.6 Å². The molecule has 10 heteroatoms. The van der Waals surface area contributed by atoms with Crippen LogP contribution in [0.3, 0.4) is 0 Å². The lowest BCUT2D eigenvalue weighted by Gasteiger charge is -2.03. The highest BCUT2D eigenvalue weighted by Gasteiger charge is 2.23. The summed E-state index contributed by atoms with van der Waals surface area (Å²) in [6.45, 7) is 0. The minimum atomic E-state index is -3.76. The second-order valence-corrected chi connectivity index (χ2v) is 8.73. The summed E-state index contributed by atoms with van der Waals surface area (Å²) in [5.74, 6) is -1.34. The largest absolute Gasteiger partial charge is 0.296 e. The Balaban J connectivity index is 1.75. The van der Waals surface area contributed by atoms with Gasteiger partial charge in [0.2, 0.25) is 19.3 Å². The number of hydrogen-bond donors (Lipinski definition) is 1. The summed E-state index contributed by atoms with van der Waals surface area (Å²) >= 11 is 6.72. The van der Waals surface area contributed by atoms with Crippen LogP contribution >= 0.6 is 22.9 Å². The lowest BCUT2D eigenvalue weighted by Crippen LogP contribution is -2.11. The zero-order chi connectivity index (χ0) is 18.7. The Morgan fingerprint density at radius 2 is 1.81 bits per heavy atom. The molecule has 1 N–H and O–H groups in total. The Bertz CT molecular complexity index is 1050. The van der Waals surface area contributed by atoms with Crippen molar-refractivity contribution in [1.29, 1.82) is 0 Å². The fraction of sp³-hybridized carbons (Fsp3) is 0.0625. The maximum Gasteiger partial charge on any atom is 0.257 e. The van der Waals surface area contributed by atoms with Crippen LogP contribution in [0.15, 0.2) is 52.9 Å². The fourth-order valence-corrected chi connectivity index (χ4v) is 4.66. The zero-order valence-electron chi connectivity index (χ0n) is 13.0. The molecule has 0 bridgehead atoms. The standard InChI is InChI=1S/C16H11ClFN3O3S2/c17-13-4-2-1-3-11(13)9-26(23,24)16-21-20-15(25-16)19-14(22)10-5-7-12(18)8-6-10/h1-8H,9H2,(H,19,20,22). The van der Waals surface area contributed by atoms with Crippen molar-refractivity contribution in [3.8, 4) is 0 Å². The number of hydrogen-bond acceptors (Lipinski definition) is 6. The number of nitrogens with one attached hydrogen (secondary N) is 1. The van der Waals surface area contributed by atoms with E-state index < -0.39 is 21.6 Å². The molecule has 0 aliphatic heterocycles. The van der Waals surface area contributed by atoms with Gasteiger partial charge in [0.1, 0.15) is 5.82 Å². The van der Waals surface area contributed by atoms with Crippen LogP contribution in [0.25, 0.3) is 0 Å². The van der Waals surface area contributed by atoms with Gasteiger partial charge < -0.3 is 0 Å². The van der Waals surface area contributed by atoms with Gasteiger partial charge in [-0.05, 0) is 35.9 Å². The summed E-state index contributed by atoms with van der Waals surface area (Å²) in [6.07, 6.45) is 0. The predicted octanol–water partition coefficient (Wildman–Crippen LogP) is 3.56. The van der Waals surface area contributed by atoms with Crippen LogP contribution in [0, 0.1) is 5.82 Å². The van der Waals surface area contributed by atoms with Gasteiger partial charge in [-0.25, -0.2) is 12.8 Å². The summed E-state index contributed by atoms with van der Waals surface area (Å²) < 4.78 is 37.6. The van der Waals surface area contributed by atoms with Crippen LogP contribution in [-0.2, 0) is 15.6 Å². The van der Waals surface area contributed by atoms with Crippen LogP contribution in [0.4, 0.5) is 9.52 Å². The first kappa shape index (κ1) is 18.4. The van der Waals surface area contributed by atoms with Crippen molar-refractivity contribution in [3.05, 3.63) is 70.5 Å². The molecule has 2 aromatic carbocycles. The highest BCUT2D eigenvalue weighted by atomic mass is 35.5. The molecule has 0 spiro atoms. The van der Waals surface area contributed by atoms with Crippen LogP contribution < -0.4 is 5.32 Å². The molecule has 0 aliphatic rings. The summed E-state index contributed by atoms with van der Waals surface area (Å²) in [6, 6.07) is 11.5. The number of nitrogens with zero attached hydrogens (tertiary/aromatic N) is 2. The Kier molecular flexibility index (Phi) is 5.30. The lowest BCUT2D eigenvalue weighted by atomic mass is 10.2. The van der Waals surface area contributed by atoms with Crippen molar-refractivity contribution in [1.82, 2.24) is 10.2 Å². The maximum atomic E-state index is 12.9. The van der Waals surface area contributed by atoms with Crippen LogP contribution in [0.2, 0.25) is 5.02 Å². The summed E-state index contributed by atoms with van der Waals surface area (Å²) in [5, 5.41) is 10.1. The van der Waals surface area contributed by atoms with Gasteiger partial charge in [0.15, 0.2) is 0 Å². The molecule has 0 fully saturated rings. The quantitative estimate of drug-likeness (QED) is 0.648. The molecule has 3 rings (SSSR count). The minimum Gasteiger partial charge on any atom is -0.296 e. The van der Waals surface area contributed by atoms with Crippen molar-refractivity contribution in [2.24, 2.45) is 0 Å². The molecule has 0 unspecified atom stereocenters. The Hall–Kier alpha value is -2.36. The van der Waals surface area contributed by atoms with E-state index in [0.717, 1.165) is 23.5 Å². The molecule has 0 saturated heterocycles. The smallest absolute Gasteiger partial charge is 0.257 e. The number of rotatable bonds is 5. The second kappa shape index (κ2) is 7.48. The third kappa shape index (κ3) is 4.24. The first-order valence-electron chi connectivity index (χ1n) is 7.22. The Morgan fingerprint density at radius 3 is 2.50 bits per heavy atom.